The molecule has 0 aliphatic rings. The Morgan fingerprint density at radius 1 is 0.710 bits per heavy atom. The lowest BCUT2D eigenvalue weighted by molar-refractivity contribution is 0.0470. The fourth-order valence-corrected chi connectivity index (χ4v) is 2.95. The zero-order valence-electron chi connectivity index (χ0n) is 17.1. The van der Waals surface area contributed by atoms with Gasteiger partial charge in [0.1, 0.15) is 12.4 Å². The van der Waals surface area contributed by atoms with Crippen molar-refractivity contribution in [3.8, 4) is 5.75 Å². The molecule has 0 amide bonds. The van der Waals surface area contributed by atoms with E-state index in [0.717, 1.165) is 0 Å². The number of rotatable bonds is 8. The molecule has 3 rings (SSSR count). The van der Waals surface area contributed by atoms with Gasteiger partial charge in [0.25, 0.3) is 0 Å². The summed E-state index contributed by atoms with van der Waals surface area (Å²) in [5.41, 5.74) is 1.76. The summed E-state index contributed by atoms with van der Waals surface area (Å²) in [6.45, 7) is 1.36. The molecule has 0 bridgehead atoms. The van der Waals surface area contributed by atoms with Gasteiger partial charge in [0.05, 0.1) is 12.7 Å². The minimum absolute atomic E-state index is 0.0870. The lowest BCUT2D eigenvalue weighted by atomic mass is 10.0. The van der Waals surface area contributed by atoms with Gasteiger partial charge in [-0.15, -0.1) is 0 Å². The molecule has 156 valence electrons. The minimum Gasteiger partial charge on any atom is -0.496 e. The Balaban J connectivity index is 1.68. The molecule has 0 unspecified atom stereocenters. The maximum Gasteiger partial charge on any atom is 0.338 e. The molecule has 0 saturated heterocycles. The van der Waals surface area contributed by atoms with Crippen LogP contribution >= 0.6 is 0 Å². The van der Waals surface area contributed by atoms with Gasteiger partial charge in [-0.1, -0.05) is 42.5 Å². The Morgan fingerprint density at radius 3 is 1.84 bits per heavy atom. The van der Waals surface area contributed by atoms with Crippen molar-refractivity contribution in [3.05, 3.63) is 101 Å². The molecule has 0 aliphatic carbocycles. The van der Waals surface area contributed by atoms with Crippen LogP contribution in [0.15, 0.2) is 72.8 Å². The Labute approximate surface area is 179 Å². The maximum absolute atomic E-state index is 12.4. The van der Waals surface area contributed by atoms with Gasteiger partial charge in [-0.2, -0.15) is 0 Å². The van der Waals surface area contributed by atoms with E-state index in [4.69, 9.17) is 9.47 Å². The van der Waals surface area contributed by atoms with Crippen molar-refractivity contribution >= 4 is 23.3 Å². The van der Waals surface area contributed by atoms with E-state index in [1.165, 1.54) is 38.3 Å². The fourth-order valence-electron chi connectivity index (χ4n) is 2.95. The second-order valence-electron chi connectivity index (χ2n) is 6.76. The quantitative estimate of drug-likeness (QED) is 0.309. The molecule has 6 heteroatoms. The number of benzene rings is 3. The van der Waals surface area contributed by atoms with Gasteiger partial charge in [0.2, 0.25) is 11.6 Å². The third-order valence-electron chi connectivity index (χ3n) is 4.67. The minimum atomic E-state index is -0.656. The fraction of sp³-hybridized carbons (Fsp3) is 0.120. The number of methoxy groups -OCH3 is 1. The van der Waals surface area contributed by atoms with Gasteiger partial charge in [-0.05, 0) is 37.3 Å². The summed E-state index contributed by atoms with van der Waals surface area (Å²) in [5.74, 6) is -1.49. The number of esters is 1. The van der Waals surface area contributed by atoms with Gasteiger partial charge in [0.15, 0.2) is 5.78 Å². The number of hydrogen-bond donors (Lipinski definition) is 0. The number of hydrogen-bond acceptors (Lipinski definition) is 6. The standard InChI is InChI=1S/C25H20O6/c1-16(26)20-12-13-22(30-2)21(14-20)15-31-25(29)19-10-8-18(9-11-19)24(28)23(27)17-6-4-3-5-7-17/h3-14H,15H2,1-2H3. The first-order valence-electron chi connectivity index (χ1n) is 9.50. The van der Waals surface area contributed by atoms with E-state index in [0.29, 0.717) is 22.4 Å². The lowest BCUT2D eigenvalue weighted by Crippen LogP contribution is -2.14. The zero-order chi connectivity index (χ0) is 22.4. The topological polar surface area (TPSA) is 86.7 Å². The molecule has 3 aromatic carbocycles. The summed E-state index contributed by atoms with van der Waals surface area (Å²) in [5, 5.41) is 0. The molecule has 0 radical (unpaired) electrons. The van der Waals surface area contributed by atoms with Gasteiger partial charge in [-0.3, -0.25) is 14.4 Å². The summed E-state index contributed by atoms with van der Waals surface area (Å²) in [6.07, 6.45) is 0. The lowest BCUT2D eigenvalue weighted by Gasteiger charge is -2.11. The van der Waals surface area contributed by atoms with E-state index in [2.05, 4.69) is 0 Å². The number of ketones is 3. The van der Waals surface area contributed by atoms with E-state index < -0.39 is 17.5 Å². The maximum atomic E-state index is 12.4. The zero-order valence-corrected chi connectivity index (χ0v) is 17.1. The number of ether oxygens (including phenoxy) is 2. The Morgan fingerprint density at radius 2 is 1.26 bits per heavy atom. The molecule has 0 aliphatic heterocycles. The molecule has 0 aromatic heterocycles. The first-order chi connectivity index (χ1) is 14.9. The Kier molecular flexibility index (Phi) is 6.72. The molecule has 0 spiro atoms. The average Bonchev–Trinajstić information content (AvgIpc) is 2.81. The summed E-state index contributed by atoms with van der Waals surface area (Å²) in [6, 6.07) is 18.8. The van der Waals surface area contributed by atoms with Crippen molar-refractivity contribution in [2.24, 2.45) is 0 Å². The number of carbonyl (C=O) groups is 4. The predicted octanol–water partition coefficient (Wildman–Crippen LogP) is 4.32. The first-order valence-corrected chi connectivity index (χ1v) is 9.50. The summed E-state index contributed by atoms with van der Waals surface area (Å²) in [7, 11) is 1.49. The second kappa shape index (κ2) is 9.63. The largest absolute Gasteiger partial charge is 0.496 e. The van der Waals surface area contributed by atoms with Crippen LogP contribution in [0.3, 0.4) is 0 Å². The van der Waals surface area contributed by atoms with Crippen molar-refractivity contribution in [2.75, 3.05) is 7.11 Å². The second-order valence-corrected chi connectivity index (χ2v) is 6.76. The molecular weight excluding hydrogens is 396 g/mol. The third kappa shape index (κ3) is 5.11. The average molecular weight is 416 g/mol. The van der Waals surface area contributed by atoms with E-state index in [1.54, 1.807) is 48.5 Å². The molecule has 0 saturated carbocycles. The summed E-state index contributed by atoms with van der Waals surface area (Å²) < 4.78 is 10.6. The van der Waals surface area contributed by atoms with Crippen LogP contribution in [0.1, 0.15) is 53.9 Å². The van der Waals surface area contributed by atoms with Crippen LogP contribution in [0, 0.1) is 0 Å². The summed E-state index contributed by atoms with van der Waals surface area (Å²) >= 11 is 0. The SMILES string of the molecule is COc1ccc(C(C)=O)cc1COC(=O)c1ccc(C(=O)C(=O)c2ccccc2)cc1. The van der Waals surface area contributed by atoms with Crippen LogP contribution in [0.5, 0.6) is 5.75 Å². The Hall–Kier alpha value is -4.06. The van der Waals surface area contributed by atoms with E-state index >= 15 is 0 Å². The smallest absolute Gasteiger partial charge is 0.338 e. The molecule has 31 heavy (non-hydrogen) atoms. The molecule has 0 fully saturated rings. The van der Waals surface area contributed by atoms with Crippen LogP contribution in [-0.4, -0.2) is 30.4 Å². The van der Waals surface area contributed by atoms with Crippen LogP contribution < -0.4 is 4.74 Å². The van der Waals surface area contributed by atoms with Crippen LogP contribution in [0.25, 0.3) is 0 Å². The van der Waals surface area contributed by atoms with Crippen molar-refractivity contribution in [1.29, 1.82) is 0 Å². The van der Waals surface area contributed by atoms with Gasteiger partial charge in [-0.25, -0.2) is 4.79 Å². The van der Waals surface area contributed by atoms with Crippen LogP contribution in [0.4, 0.5) is 0 Å². The van der Waals surface area contributed by atoms with Gasteiger partial charge >= 0.3 is 5.97 Å². The highest BCUT2D eigenvalue weighted by Gasteiger charge is 2.19. The highest BCUT2D eigenvalue weighted by Crippen LogP contribution is 2.22. The number of carbonyl (C=O) groups excluding carboxylic acids is 4. The highest BCUT2D eigenvalue weighted by atomic mass is 16.5. The van der Waals surface area contributed by atoms with E-state index in [1.807, 2.05) is 0 Å². The summed E-state index contributed by atoms with van der Waals surface area (Å²) in [4.78, 5) is 48.6. The monoisotopic (exact) mass is 416 g/mol. The predicted molar refractivity (Wildman–Crippen MR) is 114 cm³/mol. The molecule has 0 atom stereocenters. The first kappa shape index (κ1) is 21.6. The van der Waals surface area contributed by atoms with Crippen molar-refractivity contribution in [3.63, 3.8) is 0 Å². The van der Waals surface area contributed by atoms with E-state index in [9.17, 15) is 19.2 Å². The van der Waals surface area contributed by atoms with Crippen molar-refractivity contribution < 1.29 is 28.7 Å². The molecule has 3 aromatic rings. The van der Waals surface area contributed by atoms with Crippen molar-refractivity contribution in [1.82, 2.24) is 0 Å². The number of Topliss-reactive ketones (excluding diaryl/α,β-unsaturated/α-hetero) is 3. The molecular formula is C25H20O6. The van der Waals surface area contributed by atoms with Gasteiger partial charge in [0, 0.05) is 22.3 Å². The normalized spacial score (nSPS) is 10.3. The molecule has 0 heterocycles. The third-order valence-corrected chi connectivity index (χ3v) is 4.67. The van der Waals surface area contributed by atoms with Gasteiger partial charge < -0.3 is 9.47 Å². The molecule has 0 N–H and O–H groups in total. The van der Waals surface area contributed by atoms with E-state index in [-0.39, 0.29) is 23.5 Å². The highest BCUT2D eigenvalue weighted by molar-refractivity contribution is 6.49. The van der Waals surface area contributed by atoms with Crippen molar-refractivity contribution in [2.45, 2.75) is 13.5 Å². The van der Waals surface area contributed by atoms with Crippen LogP contribution in [0.2, 0.25) is 0 Å². The van der Waals surface area contributed by atoms with Crippen LogP contribution in [-0.2, 0) is 11.3 Å². The Bertz CT molecular complexity index is 1130. The molecule has 6 nitrogen and oxygen atoms in total.